The molecule has 0 radical (unpaired) electrons. The van der Waals surface area contributed by atoms with Crippen molar-refractivity contribution in [2.75, 3.05) is 25.4 Å². The number of amides is 2. The van der Waals surface area contributed by atoms with Crippen molar-refractivity contribution in [3.05, 3.63) is 82.5 Å². The van der Waals surface area contributed by atoms with Crippen LogP contribution in [0.4, 0.5) is 18.9 Å². The van der Waals surface area contributed by atoms with E-state index in [1.807, 2.05) is 4.68 Å². The lowest BCUT2D eigenvalue weighted by molar-refractivity contribution is -0.141. The second-order valence-electron chi connectivity index (χ2n) is 11.0. The standard InChI is InChI=1S/C30H31F3N6O2/c1-3-27(40)37-11-9-22-28-24(39(36-22)23-8-7-19(13-17(23)2)18-5-4-6-18)10-12-38(25(28)16-37)29(41)20-15-35-26(14-21(20)34)30(31,32)33/h3,7-8,13-15,18,25H,1,4-6,9-12,16H2,2H3,(H2,34,35). The van der Waals surface area contributed by atoms with E-state index < -0.39 is 23.8 Å². The maximum atomic E-state index is 13.8. The van der Waals surface area contributed by atoms with Gasteiger partial charge in [-0.25, -0.2) is 4.68 Å². The fourth-order valence-electron chi connectivity index (χ4n) is 6.24. The molecule has 2 amide bonds. The summed E-state index contributed by atoms with van der Waals surface area (Å²) in [5.41, 5.74) is 10.5. The minimum absolute atomic E-state index is 0.108. The van der Waals surface area contributed by atoms with Crippen molar-refractivity contribution in [1.82, 2.24) is 24.6 Å². The summed E-state index contributed by atoms with van der Waals surface area (Å²) in [6, 6.07) is 6.65. The number of benzene rings is 1. The number of carbonyl (C=O) groups is 2. The molecule has 1 saturated carbocycles. The number of nitrogen functional groups attached to an aromatic ring is 1. The number of nitrogens with two attached hydrogens (primary N) is 1. The molecule has 2 aromatic heterocycles. The molecule has 11 heteroatoms. The van der Waals surface area contributed by atoms with Crippen molar-refractivity contribution in [2.24, 2.45) is 0 Å². The number of carbonyl (C=O) groups excluding carboxylic acids is 2. The Kier molecular flexibility index (Phi) is 6.62. The Morgan fingerprint density at radius 1 is 1.15 bits per heavy atom. The van der Waals surface area contributed by atoms with Gasteiger partial charge in [0, 0.05) is 49.9 Å². The van der Waals surface area contributed by atoms with Crippen molar-refractivity contribution < 1.29 is 22.8 Å². The van der Waals surface area contributed by atoms with Crippen LogP contribution in [0.25, 0.3) is 5.69 Å². The van der Waals surface area contributed by atoms with Gasteiger partial charge in [0.25, 0.3) is 5.91 Å². The largest absolute Gasteiger partial charge is 0.433 e. The first-order valence-electron chi connectivity index (χ1n) is 13.8. The molecule has 1 unspecified atom stereocenters. The Morgan fingerprint density at radius 3 is 2.56 bits per heavy atom. The van der Waals surface area contributed by atoms with Gasteiger partial charge in [0.15, 0.2) is 0 Å². The summed E-state index contributed by atoms with van der Waals surface area (Å²) in [6.07, 6.45) is 2.11. The number of halogens is 3. The molecule has 3 aromatic rings. The van der Waals surface area contributed by atoms with E-state index in [1.165, 1.54) is 30.9 Å². The molecule has 8 nitrogen and oxygen atoms in total. The smallest absolute Gasteiger partial charge is 0.398 e. The summed E-state index contributed by atoms with van der Waals surface area (Å²) in [4.78, 5) is 33.2. The van der Waals surface area contributed by atoms with Gasteiger partial charge in [-0.2, -0.15) is 18.3 Å². The average molecular weight is 565 g/mol. The normalized spacial score (nSPS) is 18.9. The van der Waals surface area contributed by atoms with Crippen molar-refractivity contribution in [3.8, 4) is 5.69 Å². The van der Waals surface area contributed by atoms with Crippen molar-refractivity contribution in [2.45, 2.75) is 57.2 Å². The van der Waals surface area contributed by atoms with Gasteiger partial charge in [-0.3, -0.25) is 14.6 Å². The van der Waals surface area contributed by atoms with E-state index in [4.69, 9.17) is 10.8 Å². The Bertz CT molecular complexity index is 1560. The predicted molar refractivity (Wildman–Crippen MR) is 147 cm³/mol. The van der Waals surface area contributed by atoms with Crippen molar-refractivity contribution in [3.63, 3.8) is 0 Å². The Labute approximate surface area is 235 Å². The van der Waals surface area contributed by atoms with Crippen LogP contribution in [0.15, 0.2) is 43.1 Å². The lowest BCUT2D eigenvalue weighted by Crippen LogP contribution is -2.46. The zero-order chi connectivity index (χ0) is 29.1. The number of aromatic nitrogens is 3. The average Bonchev–Trinajstić information content (AvgIpc) is 3.15. The highest BCUT2D eigenvalue weighted by Crippen LogP contribution is 2.40. The quantitative estimate of drug-likeness (QED) is 0.461. The first-order valence-corrected chi connectivity index (χ1v) is 13.8. The van der Waals surface area contributed by atoms with Crippen LogP contribution in [-0.4, -0.2) is 56.0 Å². The maximum absolute atomic E-state index is 13.8. The van der Waals surface area contributed by atoms with Crippen LogP contribution in [0, 0.1) is 6.92 Å². The fourth-order valence-corrected chi connectivity index (χ4v) is 6.24. The SMILES string of the molecule is C=CC(=O)N1CCc2nn(-c3ccc(C4CCC4)cc3C)c3c2C(C1)N(C(=O)c1cnc(C(F)(F)F)cc1N)CC3. The molecule has 1 aliphatic carbocycles. The van der Waals surface area contributed by atoms with E-state index in [0.717, 1.165) is 34.4 Å². The van der Waals surface area contributed by atoms with Gasteiger partial charge >= 0.3 is 6.18 Å². The third-order valence-corrected chi connectivity index (χ3v) is 8.64. The van der Waals surface area contributed by atoms with E-state index in [2.05, 4.69) is 36.7 Å². The number of rotatable bonds is 4. The minimum Gasteiger partial charge on any atom is -0.398 e. The van der Waals surface area contributed by atoms with Crippen molar-refractivity contribution in [1.29, 1.82) is 0 Å². The van der Waals surface area contributed by atoms with Crippen LogP contribution in [0.2, 0.25) is 0 Å². The maximum Gasteiger partial charge on any atom is 0.433 e. The highest BCUT2D eigenvalue weighted by atomic mass is 19.4. The summed E-state index contributed by atoms with van der Waals surface area (Å²) >= 11 is 0. The van der Waals surface area contributed by atoms with Gasteiger partial charge in [-0.15, -0.1) is 0 Å². The molecule has 1 fully saturated rings. The summed E-state index contributed by atoms with van der Waals surface area (Å²) in [5, 5.41) is 5.01. The van der Waals surface area contributed by atoms with Crippen molar-refractivity contribution >= 4 is 17.5 Å². The zero-order valence-corrected chi connectivity index (χ0v) is 22.7. The number of anilines is 1. The Balaban J connectivity index is 1.40. The molecule has 41 heavy (non-hydrogen) atoms. The Morgan fingerprint density at radius 2 is 1.93 bits per heavy atom. The lowest BCUT2D eigenvalue weighted by atomic mass is 9.79. The van der Waals surface area contributed by atoms with Crippen LogP contribution in [0.5, 0.6) is 0 Å². The first-order chi connectivity index (χ1) is 19.6. The molecule has 0 saturated heterocycles. The summed E-state index contributed by atoms with van der Waals surface area (Å²) in [7, 11) is 0. The number of hydrogen-bond donors (Lipinski definition) is 1. The topological polar surface area (TPSA) is 97.4 Å². The van der Waals surface area contributed by atoms with Crippen LogP contribution in [0.1, 0.15) is 75.4 Å². The van der Waals surface area contributed by atoms with Crippen LogP contribution < -0.4 is 5.73 Å². The third kappa shape index (κ3) is 4.66. The number of nitrogens with zero attached hydrogens (tertiary/aromatic N) is 5. The number of aryl methyl sites for hydroxylation is 1. The first kappa shape index (κ1) is 27.0. The monoisotopic (exact) mass is 564 g/mol. The van der Waals surface area contributed by atoms with E-state index in [1.54, 1.807) is 9.80 Å². The Hall–Kier alpha value is -4.15. The van der Waals surface area contributed by atoms with Crippen LogP contribution >= 0.6 is 0 Å². The lowest BCUT2D eigenvalue weighted by Gasteiger charge is -2.38. The number of pyridine rings is 1. The predicted octanol–water partition coefficient (Wildman–Crippen LogP) is 4.75. The van der Waals surface area contributed by atoms with E-state index in [-0.39, 0.29) is 30.2 Å². The molecule has 1 atom stereocenters. The van der Waals surface area contributed by atoms with Gasteiger partial charge in [0.1, 0.15) is 5.69 Å². The van der Waals surface area contributed by atoms with E-state index in [0.29, 0.717) is 31.4 Å². The minimum atomic E-state index is -4.68. The number of alkyl halides is 3. The molecular weight excluding hydrogens is 533 g/mol. The van der Waals surface area contributed by atoms with Crippen LogP contribution in [0.3, 0.4) is 0 Å². The molecular formula is C30H31F3N6O2. The molecule has 214 valence electrons. The molecule has 0 spiro atoms. The molecule has 3 aliphatic rings. The number of hydrogen-bond acceptors (Lipinski definition) is 5. The third-order valence-electron chi connectivity index (χ3n) is 8.64. The zero-order valence-electron chi connectivity index (χ0n) is 22.7. The van der Waals surface area contributed by atoms with Gasteiger partial charge in [0.05, 0.1) is 28.7 Å². The molecule has 0 bridgehead atoms. The van der Waals surface area contributed by atoms with E-state index in [9.17, 15) is 22.8 Å². The molecule has 4 heterocycles. The second-order valence-corrected chi connectivity index (χ2v) is 11.0. The van der Waals surface area contributed by atoms with Crippen LogP contribution in [-0.2, 0) is 23.8 Å². The molecule has 2 N–H and O–H groups in total. The van der Waals surface area contributed by atoms with E-state index >= 15 is 0 Å². The highest BCUT2D eigenvalue weighted by molar-refractivity contribution is 5.99. The molecule has 2 aliphatic heterocycles. The molecule has 6 rings (SSSR count). The highest BCUT2D eigenvalue weighted by Gasteiger charge is 2.41. The van der Waals surface area contributed by atoms with Gasteiger partial charge in [0.2, 0.25) is 5.91 Å². The van der Waals surface area contributed by atoms with Gasteiger partial charge in [-0.05, 0) is 55.0 Å². The fraction of sp³-hybridized carbons (Fsp3) is 0.400. The summed E-state index contributed by atoms with van der Waals surface area (Å²) in [5.74, 6) is -0.187. The molecule has 1 aromatic carbocycles. The van der Waals surface area contributed by atoms with Gasteiger partial charge in [-0.1, -0.05) is 25.1 Å². The second kappa shape index (κ2) is 10.0. The summed E-state index contributed by atoms with van der Waals surface area (Å²) in [6.45, 7) is 6.57. The summed E-state index contributed by atoms with van der Waals surface area (Å²) < 4.78 is 41.5. The van der Waals surface area contributed by atoms with Gasteiger partial charge < -0.3 is 15.5 Å².